The van der Waals surface area contributed by atoms with Crippen LogP contribution in [-0.2, 0) is 14.3 Å². The normalized spacial score (nSPS) is 21.1. The smallest absolute Gasteiger partial charge is 0.337 e. The second-order valence-electron chi connectivity index (χ2n) is 14.5. The maximum absolute atomic E-state index is 12.9. The fraction of sp³-hybridized carbons (Fsp3) is 0.513. The van der Waals surface area contributed by atoms with Gasteiger partial charge < -0.3 is 24.2 Å². The first-order valence-corrected chi connectivity index (χ1v) is 17.4. The number of aromatic nitrogens is 3. The molecule has 2 unspecified atom stereocenters. The van der Waals surface area contributed by atoms with Crippen LogP contribution in [0.5, 0.6) is 5.75 Å². The average molecular weight is 655 g/mol. The van der Waals surface area contributed by atoms with Crippen molar-refractivity contribution in [1.82, 2.24) is 14.6 Å². The number of hydrogen-bond acceptors (Lipinski definition) is 7. The third-order valence-corrected chi connectivity index (χ3v) is 10.1. The molecule has 1 N–H and O–H groups in total. The first-order chi connectivity index (χ1) is 22.9. The van der Waals surface area contributed by atoms with Crippen molar-refractivity contribution >= 4 is 17.4 Å². The van der Waals surface area contributed by atoms with Gasteiger partial charge in [0, 0.05) is 42.6 Å². The van der Waals surface area contributed by atoms with Crippen LogP contribution in [0.3, 0.4) is 0 Å². The number of anilines is 1. The van der Waals surface area contributed by atoms with E-state index >= 15 is 0 Å². The molecule has 4 aromatic rings. The molecule has 1 fully saturated rings. The summed E-state index contributed by atoms with van der Waals surface area (Å²) in [6.45, 7) is 16.2. The molecule has 2 aromatic heterocycles. The summed E-state index contributed by atoms with van der Waals surface area (Å²) in [5.41, 5.74) is 5.85. The van der Waals surface area contributed by atoms with Crippen LogP contribution >= 0.6 is 0 Å². The predicted octanol–water partition coefficient (Wildman–Crippen LogP) is 8.34. The van der Waals surface area contributed by atoms with E-state index in [4.69, 9.17) is 24.3 Å². The lowest BCUT2D eigenvalue weighted by Crippen LogP contribution is -2.46. The molecule has 3 aliphatic heterocycles. The highest BCUT2D eigenvalue weighted by Crippen LogP contribution is 2.40. The minimum absolute atomic E-state index is 0.0703. The highest BCUT2D eigenvalue weighted by atomic mass is 16.5. The molecule has 3 aliphatic rings. The van der Waals surface area contributed by atoms with E-state index in [0.717, 1.165) is 71.6 Å². The monoisotopic (exact) mass is 654 g/mol. The summed E-state index contributed by atoms with van der Waals surface area (Å²) in [5, 5.41) is 15.7. The van der Waals surface area contributed by atoms with Crippen molar-refractivity contribution < 1.29 is 24.1 Å². The van der Waals surface area contributed by atoms with Crippen molar-refractivity contribution in [1.29, 1.82) is 0 Å². The Morgan fingerprint density at radius 2 is 1.85 bits per heavy atom. The van der Waals surface area contributed by atoms with E-state index in [0.29, 0.717) is 43.0 Å². The third-order valence-electron chi connectivity index (χ3n) is 10.1. The summed E-state index contributed by atoms with van der Waals surface area (Å²) < 4.78 is 21.3. The van der Waals surface area contributed by atoms with E-state index < -0.39 is 17.7 Å². The van der Waals surface area contributed by atoms with Crippen LogP contribution in [0.4, 0.5) is 5.82 Å². The van der Waals surface area contributed by atoms with Gasteiger partial charge in [-0.2, -0.15) is 9.61 Å². The lowest BCUT2D eigenvalue weighted by molar-refractivity contribution is -0.162. The zero-order valence-electron chi connectivity index (χ0n) is 29.5. The van der Waals surface area contributed by atoms with Crippen LogP contribution < -0.4 is 9.64 Å². The minimum Gasteiger partial charge on any atom is -0.490 e. The number of rotatable bonds is 5. The first-order valence-electron chi connectivity index (χ1n) is 17.4. The molecule has 1 saturated heterocycles. The van der Waals surface area contributed by atoms with Crippen molar-refractivity contribution in [3.63, 3.8) is 0 Å². The first kappa shape index (κ1) is 33.9. The number of carbonyl (C=O) groups is 1. The van der Waals surface area contributed by atoms with Gasteiger partial charge in [0.05, 0.1) is 28.6 Å². The number of nitrogens with zero attached hydrogens (tertiary/aromatic N) is 4. The fourth-order valence-electron chi connectivity index (χ4n) is 6.78. The summed E-state index contributed by atoms with van der Waals surface area (Å²) in [4.78, 5) is 20.1. The van der Waals surface area contributed by atoms with Crippen LogP contribution in [0.15, 0.2) is 48.5 Å². The maximum atomic E-state index is 12.9. The summed E-state index contributed by atoms with van der Waals surface area (Å²) in [6, 6.07) is 16.7. The Bertz CT molecular complexity index is 1790. The molecule has 0 aliphatic carbocycles. The number of carboxylic acids is 1. The number of ether oxygens (including phenoxy) is 3. The molecule has 48 heavy (non-hydrogen) atoms. The third kappa shape index (κ3) is 7.08. The molecule has 2 atom stereocenters. The number of piperidine rings is 1. The molecule has 9 heteroatoms. The van der Waals surface area contributed by atoms with E-state index in [1.807, 2.05) is 44.3 Å². The van der Waals surface area contributed by atoms with Gasteiger partial charge in [-0.15, -0.1) is 0 Å². The number of fused-ring (bicyclic) bond motifs is 8. The van der Waals surface area contributed by atoms with Crippen LogP contribution in [-0.4, -0.2) is 62.7 Å². The van der Waals surface area contributed by atoms with Gasteiger partial charge in [-0.25, -0.2) is 9.78 Å². The molecule has 9 nitrogen and oxygen atoms in total. The Labute approximate surface area is 284 Å². The average Bonchev–Trinajstić information content (AvgIpc) is 3.47. The van der Waals surface area contributed by atoms with Gasteiger partial charge in [-0.05, 0) is 104 Å². The lowest BCUT2D eigenvalue weighted by Gasteiger charge is -2.41. The molecule has 0 amide bonds. The molecule has 0 radical (unpaired) electrons. The predicted molar refractivity (Wildman–Crippen MR) is 189 cm³/mol. The SMILES string of the molecule is CCC(C)(C)OC(C(=O)O)c1c(C)nc2cc3nn2c1N1CCC(C)(CC1)OCCCCC(C)Oc1ccc(C)cc1-c1cccc-3c1. The zero-order chi connectivity index (χ0) is 34.2. The summed E-state index contributed by atoms with van der Waals surface area (Å²) in [6.07, 6.45) is 4.06. The van der Waals surface area contributed by atoms with Gasteiger partial charge in [0.1, 0.15) is 11.6 Å². The van der Waals surface area contributed by atoms with E-state index in [2.05, 4.69) is 62.1 Å². The summed E-state index contributed by atoms with van der Waals surface area (Å²) >= 11 is 0. The standard InChI is InChI=1S/C39H50N4O5/c1-8-38(5,6)48-35(37(44)45)34-27(4)40-33-24-31-29-14-11-13-28(23-29)30-22-25(2)15-16-32(30)47-26(3)12-9-10-21-46-39(7)17-19-42(20-18-39)36(34)43(33)41-31/h11,13-16,22-24,26,35H,8-10,12,17-21H2,1-7H3,(H,44,45). The highest BCUT2D eigenvalue weighted by Gasteiger charge is 2.38. The van der Waals surface area contributed by atoms with Gasteiger partial charge in [-0.1, -0.05) is 36.8 Å². The fourth-order valence-corrected chi connectivity index (χ4v) is 6.78. The van der Waals surface area contributed by atoms with Crippen LogP contribution in [0, 0.1) is 13.8 Å². The number of benzene rings is 2. The zero-order valence-corrected chi connectivity index (χ0v) is 29.5. The summed E-state index contributed by atoms with van der Waals surface area (Å²) in [5.74, 6) is 0.542. The van der Waals surface area contributed by atoms with Gasteiger partial charge in [0.15, 0.2) is 11.8 Å². The van der Waals surface area contributed by atoms with Crippen molar-refractivity contribution in [2.75, 3.05) is 24.6 Å². The molecule has 2 aromatic carbocycles. The molecule has 6 bridgehead atoms. The minimum atomic E-state index is -1.21. The van der Waals surface area contributed by atoms with Gasteiger partial charge >= 0.3 is 5.97 Å². The van der Waals surface area contributed by atoms with Crippen LogP contribution in [0.2, 0.25) is 0 Å². The Morgan fingerprint density at radius 3 is 2.58 bits per heavy atom. The second-order valence-corrected chi connectivity index (χ2v) is 14.5. The number of aliphatic carboxylic acids is 1. The Morgan fingerprint density at radius 1 is 1.10 bits per heavy atom. The van der Waals surface area contributed by atoms with E-state index in [1.165, 1.54) is 0 Å². The van der Waals surface area contributed by atoms with E-state index in [1.54, 1.807) is 0 Å². The van der Waals surface area contributed by atoms with Crippen LogP contribution in [0.1, 0.15) is 96.1 Å². The Kier molecular flexibility index (Phi) is 9.55. The van der Waals surface area contributed by atoms with Crippen molar-refractivity contribution in [2.45, 2.75) is 110 Å². The molecule has 7 rings (SSSR count). The Hall–Kier alpha value is -3.95. The summed E-state index contributed by atoms with van der Waals surface area (Å²) in [7, 11) is 0. The van der Waals surface area contributed by atoms with Crippen molar-refractivity contribution in [3.05, 3.63) is 65.4 Å². The number of carboxylic acid groups (broad SMARTS) is 1. The van der Waals surface area contributed by atoms with E-state index in [9.17, 15) is 9.90 Å². The Balaban J connectivity index is 1.53. The molecule has 0 saturated carbocycles. The van der Waals surface area contributed by atoms with Gasteiger partial charge in [0.2, 0.25) is 0 Å². The van der Waals surface area contributed by atoms with Gasteiger partial charge in [-0.3, -0.25) is 0 Å². The second kappa shape index (κ2) is 13.5. The lowest BCUT2D eigenvalue weighted by atomic mass is 9.92. The van der Waals surface area contributed by atoms with Crippen molar-refractivity contribution in [2.24, 2.45) is 0 Å². The van der Waals surface area contributed by atoms with Crippen molar-refractivity contribution in [3.8, 4) is 28.1 Å². The maximum Gasteiger partial charge on any atom is 0.337 e. The molecular formula is C39H50N4O5. The molecule has 0 spiro atoms. The van der Waals surface area contributed by atoms with Gasteiger partial charge in [0.25, 0.3) is 0 Å². The molecular weight excluding hydrogens is 604 g/mol. The highest BCUT2D eigenvalue weighted by molar-refractivity contribution is 5.80. The van der Waals surface area contributed by atoms with E-state index in [-0.39, 0.29) is 11.7 Å². The van der Waals surface area contributed by atoms with Crippen LogP contribution in [0.25, 0.3) is 28.0 Å². The largest absolute Gasteiger partial charge is 0.490 e. The molecule has 256 valence electrons. The number of aryl methyl sites for hydroxylation is 2. The molecule has 5 heterocycles. The number of hydrogen-bond donors (Lipinski definition) is 1. The topological polar surface area (TPSA) is 98.4 Å². The quantitative estimate of drug-likeness (QED) is 0.229.